The fourth-order valence-electron chi connectivity index (χ4n) is 4.73. The number of piperidine rings is 1. The Hall–Kier alpha value is -2.87. The molecule has 3 aromatic rings. The first kappa shape index (κ1) is 20.4. The number of hydrogen-bond donors (Lipinski definition) is 2. The van der Waals surface area contributed by atoms with Crippen LogP contribution in [0.2, 0.25) is 0 Å². The molecule has 2 aromatic heterocycles. The maximum atomic E-state index is 11.5. The zero-order valence-corrected chi connectivity index (χ0v) is 18.4. The highest BCUT2D eigenvalue weighted by Gasteiger charge is 2.39. The maximum absolute atomic E-state index is 11.5. The zero-order chi connectivity index (χ0) is 21.7. The molecule has 8 heteroatoms. The molecule has 4 rings (SSSR count). The van der Waals surface area contributed by atoms with Crippen LogP contribution < -0.4 is 20.7 Å². The summed E-state index contributed by atoms with van der Waals surface area (Å²) in [6.45, 7) is 8.97. The Labute approximate surface area is 175 Å². The van der Waals surface area contributed by atoms with Crippen LogP contribution in [-0.2, 0) is 0 Å². The van der Waals surface area contributed by atoms with Crippen LogP contribution in [-0.4, -0.2) is 46.5 Å². The molecule has 3 heterocycles. The third-order valence-corrected chi connectivity index (χ3v) is 5.75. The molecule has 1 fully saturated rings. The van der Waals surface area contributed by atoms with Crippen molar-refractivity contribution in [2.24, 2.45) is 0 Å². The lowest BCUT2D eigenvalue weighted by atomic mass is 9.79. The summed E-state index contributed by atoms with van der Waals surface area (Å²) in [6, 6.07) is 7.75. The van der Waals surface area contributed by atoms with Gasteiger partial charge >= 0.3 is 5.76 Å². The van der Waals surface area contributed by atoms with Crippen molar-refractivity contribution in [3.8, 4) is 17.0 Å². The summed E-state index contributed by atoms with van der Waals surface area (Å²) in [4.78, 5) is 16.4. The molecule has 0 unspecified atom stereocenters. The van der Waals surface area contributed by atoms with Crippen molar-refractivity contribution in [1.82, 2.24) is 20.5 Å². The first-order valence-corrected chi connectivity index (χ1v) is 10.1. The van der Waals surface area contributed by atoms with E-state index in [2.05, 4.69) is 60.1 Å². The van der Waals surface area contributed by atoms with E-state index in [1.54, 1.807) is 19.2 Å². The lowest BCUT2D eigenvalue weighted by Crippen LogP contribution is -2.62. The van der Waals surface area contributed by atoms with Gasteiger partial charge in [0.25, 0.3) is 0 Å². The molecule has 0 spiro atoms. The molecule has 0 saturated carbocycles. The van der Waals surface area contributed by atoms with Crippen molar-refractivity contribution >= 4 is 16.9 Å². The van der Waals surface area contributed by atoms with Crippen molar-refractivity contribution in [3.63, 3.8) is 0 Å². The minimum Gasteiger partial charge on any atom is -0.496 e. The molecule has 1 saturated heterocycles. The number of nitrogens with one attached hydrogen (secondary N) is 2. The van der Waals surface area contributed by atoms with E-state index in [0.29, 0.717) is 28.6 Å². The van der Waals surface area contributed by atoms with Crippen LogP contribution in [0.15, 0.2) is 33.5 Å². The Morgan fingerprint density at radius 1 is 1.13 bits per heavy atom. The number of aromatic nitrogens is 3. The van der Waals surface area contributed by atoms with Gasteiger partial charge < -0.3 is 19.4 Å². The Morgan fingerprint density at radius 3 is 2.43 bits per heavy atom. The third-order valence-electron chi connectivity index (χ3n) is 5.75. The van der Waals surface area contributed by atoms with Crippen molar-refractivity contribution in [3.05, 3.63) is 34.8 Å². The second-order valence-corrected chi connectivity index (χ2v) is 9.41. The second kappa shape index (κ2) is 7.12. The quantitative estimate of drug-likeness (QED) is 0.680. The molecule has 0 aliphatic carbocycles. The van der Waals surface area contributed by atoms with E-state index in [-0.39, 0.29) is 11.1 Å². The van der Waals surface area contributed by atoms with Gasteiger partial charge in [-0.25, -0.2) is 4.79 Å². The van der Waals surface area contributed by atoms with E-state index in [1.165, 1.54) is 0 Å². The van der Waals surface area contributed by atoms with E-state index < -0.39 is 5.76 Å². The summed E-state index contributed by atoms with van der Waals surface area (Å²) in [6.07, 6.45) is 2.05. The summed E-state index contributed by atoms with van der Waals surface area (Å²) >= 11 is 0. The van der Waals surface area contributed by atoms with E-state index >= 15 is 0 Å². The molecule has 0 radical (unpaired) electrons. The highest BCUT2D eigenvalue weighted by molar-refractivity contribution is 5.83. The Balaban J connectivity index is 1.63. The van der Waals surface area contributed by atoms with Gasteiger partial charge in [-0.2, -0.15) is 0 Å². The Bertz CT molecular complexity index is 1100. The van der Waals surface area contributed by atoms with E-state index in [1.807, 2.05) is 12.1 Å². The van der Waals surface area contributed by atoms with Gasteiger partial charge in [0, 0.05) is 35.8 Å². The average Bonchev–Trinajstić information content (AvgIpc) is 3.03. The molecule has 1 aliphatic rings. The number of aromatic amines is 1. The molecule has 30 heavy (non-hydrogen) atoms. The van der Waals surface area contributed by atoms with Gasteiger partial charge in [-0.05, 0) is 58.7 Å². The third kappa shape index (κ3) is 3.92. The number of rotatable bonds is 4. The lowest BCUT2D eigenvalue weighted by Gasteiger charge is -2.49. The number of nitrogens with zero attached hydrogens (tertiary/aromatic N) is 3. The van der Waals surface area contributed by atoms with Gasteiger partial charge in [0.05, 0.1) is 18.3 Å². The number of methoxy groups -OCH3 is 1. The Morgan fingerprint density at radius 2 is 1.83 bits per heavy atom. The predicted octanol–water partition coefficient (Wildman–Crippen LogP) is 3.33. The van der Waals surface area contributed by atoms with Crippen molar-refractivity contribution in [1.29, 1.82) is 0 Å². The summed E-state index contributed by atoms with van der Waals surface area (Å²) in [5.74, 6) is 0.900. The maximum Gasteiger partial charge on any atom is 0.417 e. The molecule has 0 amide bonds. The first-order valence-electron chi connectivity index (χ1n) is 10.1. The highest BCUT2D eigenvalue weighted by Crippen LogP contribution is 2.34. The van der Waals surface area contributed by atoms with Crippen LogP contribution in [0.5, 0.6) is 5.75 Å². The number of anilines is 1. The predicted molar refractivity (Wildman–Crippen MR) is 117 cm³/mol. The standard InChI is InChI=1S/C22H29N5O3/c1-21(2)11-13(12-22(3,4)26-21)27(5)19-8-7-15(24-25-19)14-9-16-18(10-17(14)29-6)30-20(28)23-16/h7-10,13,26H,11-12H2,1-6H3,(H,23,28). The summed E-state index contributed by atoms with van der Waals surface area (Å²) < 4.78 is 10.6. The van der Waals surface area contributed by atoms with Gasteiger partial charge in [-0.15, -0.1) is 10.2 Å². The van der Waals surface area contributed by atoms with Crippen LogP contribution >= 0.6 is 0 Å². The number of ether oxygens (including phenoxy) is 1. The molecule has 8 nitrogen and oxygen atoms in total. The number of fused-ring (bicyclic) bond motifs is 1. The van der Waals surface area contributed by atoms with Crippen molar-refractivity contribution < 1.29 is 9.15 Å². The van der Waals surface area contributed by atoms with Crippen LogP contribution in [0.4, 0.5) is 5.82 Å². The minimum atomic E-state index is -0.500. The zero-order valence-electron chi connectivity index (χ0n) is 18.4. The minimum absolute atomic E-state index is 0.0539. The molecule has 160 valence electrons. The Kier molecular flexibility index (Phi) is 4.85. The van der Waals surface area contributed by atoms with Crippen molar-refractivity contribution in [2.45, 2.75) is 57.7 Å². The van der Waals surface area contributed by atoms with E-state index in [4.69, 9.17) is 9.15 Å². The van der Waals surface area contributed by atoms with Gasteiger partial charge in [0.2, 0.25) is 0 Å². The SMILES string of the molecule is COc1cc2oc(=O)[nH]c2cc1-c1ccc(N(C)C2CC(C)(C)NC(C)(C)C2)nn1. The van der Waals surface area contributed by atoms with Gasteiger partial charge in [0.15, 0.2) is 11.4 Å². The summed E-state index contributed by atoms with van der Waals surface area (Å²) in [5.41, 5.74) is 2.56. The van der Waals surface area contributed by atoms with Crippen LogP contribution in [0.3, 0.4) is 0 Å². The number of hydrogen-bond acceptors (Lipinski definition) is 7. The van der Waals surface area contributed by atoms with Gasteiger partial charge in [-0.3, -0.25) is 4.98 Å². The first-order chi connectivity index (χ1) is 14.1. The number of benzene rings is 1. The number of oxazole rings is 1. The molecular formula is C22H29N5O3. The molecule has 0 bridgehead atoms. The largest absolute Gasteiger partial charge is 0.496 e. The summed E-state index contributed by atoms with van der Waals surface area (Å²) in [5, 5.41) is 12.7. The molecule has 1 aromatic carbocycles. The topological polar surface area (TPSA) is 96.3 Å². The smallest absolute Gasteiger partial charge is 0.417 e. The molecule has 0 atom stereocenters. The molecular weight excluding hydrogens is 382 g/mol. The van der Waals surface area contributed by atoms with Gasteiger partial charge in [0.1, 0.15) is 5.75 Å². The van der Waals surface area contributed by atoms with Crippen LogP contribution in [0.1, 0.15) is 40.5 Å². The van der Waals surface area contributed by atoms with E-state index in [0.717, 1.165) is 24.2 Å². The highest BCUT2D eigenvalue weighted by atomic mass is 16.5. The summed E-state index contributed by atoms with van der Waals surface area (Å²) in [7, 11) is 3.65. The van der Waals surface area contributed by atoms with Crippen LogP contribution in [0.25, 0.3) is 22.4 Å². The average molecular weight is 412 g/mol. The molecule has 2 N–H and O–H groups in total. The normalized spacial score (nSPS) is 18.5. The lowest BCUT2D eigenvalue weighted by molar-refractivity contribution is 0.160. The van der Waals surface area contributed by atoms with Crippen LogP contribution in [0, 0.1) is 0 Å². The fourth-order valence-corrected chi connectivity index (χ4v) is 4.73. The second-order valence-electron chi connectivity index (χ2n) is 9.41. The monoisotopic (exact) mass is 411 g/mol. The van der Waals surface area contributed by atoms with Crippen molar-refractivity contribution in [2.75, 3.05) is 19.1 Å². The fraction of sp³-hybridized carbons (Fsp3) is 0.500. The van der Waals surface area contributed by atoms with E-state index in [9.17, 15) is 4.79 Å². The number of H-pyrrole nitrogens is 1. The van der Waals surface area contributed by atoms with Gasteiger partial charge in [-0.1, -0.05) is 0 Å². The molecule has 1 aliphatic heterocycles.